The number of aliphatic carboxylic acids is 1. The molecule has 1 amide bonds. The third kappa shape index (κ3) is 4.68. The Labute approximate surface area is 169 Å². The lowest BCUT2D eigenvalue weighted by Crippen LogP contribution is -2.50. The van der Waals surface area contributed by atoms with Crippen LogP contribution in [0.4, 0.5) is 4.79 Å². The maximum Gasteiger partial charge on any atom is 0.407 e. The van der Waals surface area contributed by atoms with Crippen molar-refractivity contribution in [1.82, 2.24) is 5.32 Å². The molecule has 0 bridgehead atoms. The van der Waals surface area contributed by atoms with Crippen LogP contribution >= 0.6 is 11.8 Å². The van der Waals surface area contributed by atoms with E-state index in [2.05, 4.69) is 17.4 Å². The molecule has 2 aromatic carbocycles. The van der Waals surface area contributed by atoms with Crippen molar-refractivity contribution in [3.8, 4) is 11.1 Å². The van der Waals surface area contributed by atoms with Gasteiger partial charge in [-0.2, -0.15) is 11.8 Å². The smallest absolute Gasteiger partial charge is 0.407 e. The molecule has 1 atom stereocenters. The molecule has 1 aliphatic carbocycles. The summed E-state index contributed by atoms with van der Waals surface area (Å²) in [6.45, 7) is 6.10. The molecule has 0 saturated carbocycles. The molecule has 6 heteroatoms. The van der Waals surface area contributed by atoms with Gasteiger partial charge in [-0.15, -0.1) is 0 Å². The number of benzene rings is 2. The zero-order valence-electron chi connectivity index (χ0n) is 16.2. The van der Waals surface area contributed by atoms with Crippen LogP contribution < -0.4 is 10.4 Å². The molecule has 3 rings (SSSR count). The first-order chi connectivity index (χ1) is 13.3. The molecule has 0 saturated heterocycles. The molecule has 1 N–H and O–H groups in total. The molecule has 0 aromatic heterocycles. The van der Waals surface area contributed by atoms with Gasteiger partial charge < -0.3 is 20.0 Å². The number of thioether (sulfide) groups is 1. The third-order valence-corrected chi connectivity index (χ3v) is 5.97. The molecular formula is C22H24NO4S-. The van der Waals surface area contributed by atoms with Gasteiger partial charge in [0.25, 0.3) is 0 Å². The molecule has 5 nitrogen and oxygen atoms in total. The lowest BCUT2D eigenvalue weighted by Gasteiger charge is -2.24. The highest BCUT2D eigenvalue weighted by Gasteiger charge is 2.29. The van der Waals surface area contributed by atoms with Crippen LogP contribution in [0.15, 0.2) is 48.5 Å². The van der Waals surface area contributed by atoms with Crippen molar-refractivity contribution in [3.63, 3.8) is 0 Å². The van der Waals surface area contributed by atoms with Crippen LogP contribution in [0.1, 0.15) is 37.8 Å². The minimum Gasteiger partial charge on any atom is -0.548 e. The predicted octanol–water partition coefficient (Wildman–Crippen LogP) is 3.18. The first-order valence-corrected chi connectivity index (χ1v) is 10.2. The fourth-order valence-electron chi connectivity index (χ4n) is 3.28. The number of carbonyl (C=O) groups is 2. The minimum absolute atomic E-state index is 0.0662. The van der Waals surface area contributed by atoms with Crippen LogP contribution in [-0.2, 0) is 9.53 Å². The second kappa shape index (κ2) is 8.27. The third-order valence-electron chi connectivity index (χ3n) is 4.60. The summed E-state index contributed by atoms with van der Waals surface area (Å²) >= 11 is 1.45. The summed E-state index contributed by atoms with van der Waals surface area (Å²) in [6, 6.07) is 15.0. The Morgan fingerprint density at radius 3 is 2.11 bits per heavy atom. The summed E-state index contributed by atoms with van der Waals surface area (Å²) in [6.07, 6.45) is -0.745. The Kier molecular flexibility index (Phi) is 5.98. The van der Waals surface area contributed by atoms with Gasteiger partial charge in [-0.1, -0.05) is 69.3 Å². The normalized spacial score (nSPS) is 14.1. The number of nitrogens with one attached hydrogen (secondary N) is 1. The van der Waals surface area contributed by atoms with Gasteiger partial charge >= 0.3 is 6.09 Å². The minimum atomic E-state index is -1.31. The van der Waals surface area contributed by atoms with Crippen molar-refractivity contribution in [2.24, 2.45) is 0 Å². The number of hydrogen-bond acceptors (Lipinski definition) is 5. The lowest BCUT2D eigenvalue weighted by atomic mass is 9.98. The monoisotopic (exact) mass is 398 g/mol. The van der Waals surface area contributed by atoms with Crippen LogP contribution in [0, 0.1) is 0 Å². The fourth-order valence-corrected chi connectivity index (χ4v) is 4.17. The van der Waals surface area contributed by atoms with E-state index < -0.39 is 18.1 Å². The molecule has 0 fully saturated rings. The molecule has 0 radical (unpaired) electrons. The Hall–Kier alpha value is -2.47. The van der Waals surface area contributed by atoms with Crippen molar-refractivity contribution in [2.75, 3.05) is 12.4 Å². The van der Waals surface area contributed by atoms with E-state index in [1.807, 2.05) is 57.2 Å². The number of hydrogen-bond donors (Lipinski definition) is 1. The number of ether oxygens (including phenoxy) is 1. The first-order valence-electron chi connectivity index (χ1n) is 9.22. The van der Waals surface area contributed by atoms with Crippen LogP contribution in [-0.4, -0.2) is 35.2 Å². The van der Waals surface area contributed by atoms with Gasteiger partial charge in [0, 0.05) is 16.4 Å². The van der Waals surface area contributed by atoms with E-state index in [9.17, 15) is 14.7 Å². The molecule has 0 heterocycles. The van der Waals surface area contributed by atoms with E-state index in [1.165, 1.54) is 11.8 Å². The summed E-state index contributed by atoms with van der Waals surface area (Å²) in [5.41, 5.74) is 4.50. The zero-order valence-corrected chi connectivity index (χ0v) is 17.0. The van der Waals surface area contributed by atoms with Gasteiger partial charge in [0.05, 0.1) is 12.0 Å². The van der Waals surface area contributed by atoms with E-state index in [-0.39, 0.29) is 23.0 Å². The quantitative estimate of drug-likeness (QED) is 0.809. The number of carboxylic acids is 1. The second-order valence-electron chi connectivity index (χ2n) is 7.76. The Morgan fingerprint density at radius 1 is 1.07 bits per heavy atom. The zero-order chi connectivity index (χ0) is 20.3. The number of carbonyl (C=O) groups excluding carboxylic acids is 2. The van der Waals surface area contributed by atoms with Gasteiger partial charge in [0.15, 0.2) is 0 Å². The number of rotatable bonds is 6. The average Bonchev–Trinajstić information content (AvgIpc) is 2.96. The van der Waals surface area contributed by atoms with Gasteiger partial charge in [-0.3, -0.25) is 0 Å². The topological polar surface area (TPSA) is 78.5 Å². The first kappa shape index (κ1) is 20.3. The van der Waals surface area contributed by atoms with Gasteiger partial charge in [-0.05, 0) is 22.3 Å². The SMILES string of the molecule is CC(C)(C)SC[C@@H](NC(=O)OCC1c2ccccc2-c2ccccc21)C(=O)[O-]. The van der Waals surface area contributed by atoms with Gasteiger partial charge in [-0.25, -0.2) is 4.79 Å². The Bertz CT molecular complexity index is 829. The Morgan fingerprint density at radius 2 is 1.61 bits per heavy atom. The molecule has 0 spiro atoms. The number of fused-ring (bicyclic) bond motifs is 3. The molecular weight excluding hydrogens is 374 g/mol. The van der Waals surface area contributed by atoms with E-state index in [4.69, 9.17) is 4.74 Å². The maximum atomic E-state index is 12.2. The predicted molar refractivity (Wildman–Crippen MR) is 109 cm³/mol. The largest absolute Gasteiger partial charge is 0.548 e. The standard InChI is InChI=1S/C22H25NO4S/c1-22(2,3)28-13-19(20(24)25)23-21(26)27-12-18-16-10-6-4-8-14(16)15-9-5-7-11-17(15)18/h4-11,18-19H,12-13H2,1-3H3,(H,23,26)(H,24,25)/p-1/t19-/m1/s1. The van der Waals surface area contributed by atoms with Crippen molar-refractivity contribution < 1.29 is 19.4 Å². The molecule has 0 unspecified atom stereocenters. The summed E-state index contributed by atoms with van der Waals surface area (Å²) < 4.78 is 5.29. The maximum absolute atomic E-state index is 12.2. The van der Waals surface area contributed by atoms with E-state index in [0.717, 1.165) is 22.3 Å². The van der Waals surface area contributed by atoms with Crippen LogP contribution in [0.2, 0.25) is 0 Å². The van der Waals surface area contributed by atoms with Crippen LogP contribution in [0.5, 0.6) is 0 Å². The van der Waals surface area contributed by atoms with Crippen LogP contribution in [0.25, 0.3) is 11.1 Å². The number of carboxylic acid groups (broad SMARTS) is 1. The highest BCUT2D eigenvalue weighted by molar-refractivity contribution is 8.00. The molecule has 28 heavy (non-hydrogen) atoms. The number of alkyl carbamates (subject to hydrolysis) is 1. The van der Waals surface area contributed by atoms with E-state index >= 15 is 0 Å². The van der Waals surface area contributed by atoms with Crippen LogP contribution in [0.3, 0.4) is 0 Å². The summed E-state index contributed by atoms with van der Waals surface area (Å²) in [5, 5.41) is 13.8. The van der Waals surface area contributed by atoms with Crippen molar-refractivity contribution in [3.05, 3.63) is 59.7 Å². The fraction of sp³-hybridized carbons (Fsp3) is 0.364. The van der Waals surface area contributed by atoms with Gasteiger partial charge in [0.1, 0.15) is 6.61 Å². The van der Waals surface area contributed by atoms with Crippen molar-refractivity contribution in [2.45, 2.75) is 37.5 Å². The molecule has 2 aromatic rings. The van der Waals surface area contributed by atoms with E-state index in [0.29, 0.717) is 0 Å². The molecule has 1 aliphatic rings. The van der Waals surface area contributed by atoms with Crippen molar-refractivity contribution in [1.29, 1.82) is 0 Å². The van der Waals surface area contributed by atoms with Gasteiger partial charge in [0.2, 0.25) is 0 Å². The average molecular weight is 399 g/mol. The highest BCUT2D eigenvalue weighted by atomic mass is 32.2. The Balaban J connectivity index is 1.65. The molecule has 0 aliphatic heterocycles. The summed E-state index contributed by atoms with van der Waals surface area (Å²) in [4.78, 5) is 23.6. The highest BCUT2D eigenvalue weighted by Crippen LogP contribution is 2.44. The second-order valence-corrected chi connectivity index (χ2v) is 9.61. The molecule has 148 valence electrons. The number of amides is 1. The lowest BCUT2D eigenvalue weighted by molar-refractivity contribution is -0.307. The summed E-state index contributed by atoms with van der Waals surface area (Å²) in [5.74, 6) is -1.16. The van der Waals surface area contributed by atoms with E-state index in [1.54, 1.807) is 0 Å². The summed E-state index contributed by atoms with van der Waals surface area (Å²) in [7, 11) is 0. The van der Waals surface area contributed by atoms with Crippen molar-refractivity contribution >= 4 is 23.8 Å².